The molecule has 0 N–H and O–H groups in total. The Bertz CT molecular complexity index is 814. The molecule has 1 aliphatic rings. The van der Waals surface area contributed by atoms with E-state index < -0.39 is 10.5 Å². The average Bonchev–Trinajstić information content (AvgIpc) is 3.11. The lowest BCUT2D eigenvalue weighted by Crippen LogP contribution is -2.36. The summed E-state index contributed by atoms with van der Waals surface area (Å²) in [5.41, 5.74) is 0.00938. The molecule has 25 heavy (non-hydrogen) atoms. The lowest BCUT2D eigenvalue weighted by Gasteiger charge is -2.24. The fourth-order valence-electron chi connectivity index (χ4n) is 2.52. The van der Waals surface area contributed by atoms with Crippen LogP contribution in [0.1, 0.15) is 27.2 Å². The Morgan fingerprint density at radius 3 is 2.88 bits per heavy atom. The minimum atomic E-state index is -0.530. The van der Waals surface area contributed by atoms with Crippen LogP contribution < -0.4 is 4.74 Å². The highest BCUT2D eigenvalue weighted by Gasteiger charge is 2.31. The molecule has 134 valence electrons. The van der Waals surface area contributed by atoms with Gasteiger partial charge in [-0.2, -0.15) is 0 Å². The third kappa shape index (κ3) is 4.16. The molecule has 0 radical (unpaired) electrons. The van der Waals surface area contributed by atoms with Crippen LogP contribution in [0.3, 0.4) is 0 Å². The van der Waals surface area contributed by atoms with Crippen LogP contribution in [0.4, 0.5) is 10.5 Å². The number of amides is 1. The van der Waals surface area contributed by atoms with Crippen LogP contribution in [-0.4, -0.2) is 45.7 Å². The number of ether oxygens (including phenoxy) is 2. The number of aromatic nitrogens is 1. The van der Waals surface area contributed by atoms with E-state index in [0.29, 0.717) is 30.2 Å². The molecule has 1 aromatic carbocycles. The molecule has 9 heteroatoms. The summed E-state index contributed by atoms with van der Waals surface area (Å²) in [4.78, 5) is 28.4. The monoisotopic (exact) mass is 365 g/mol. The molecule has 0 unspecified atom stereocenters. The molecule has 3 rings (SSSR count). The van der Waals surface area contributed by atoms with Crippen LogP contribution in [0.15, 0.2) is 18.2 Å². The second-order valence-electron chi connectivity index (χ2n) is 6.84. The molecule has 1 amide bonds. The van der Waals surface area contributed by atoms with Gasteiger partial charge in [-0.15, -0.1) is 0 Å². The maximum Gasteiger partial charge on any atom is 0.410 e. The molecule has 2 heterocycles. The van der Waals surface area contributed by atoms with E-state index in [1.165, 1.54) is 23.5 Å². The Morgan fingerprint density at radius 1 is 1.44 bits per heavy atom. The van der Waals surface area contributed by atoms with Crippen molar-refractivity contribution in [1.29, 1.82) is 0 Å². The van der Waals surface area contributed by atoms with E-state index in [1.54, 1.807) is 11.0 Å². The van der Waals surface area contributed by atoms with Gasteiger partial charge in [-0.05, 0) is 26.8 Å². The van der Waals surface area contributed by atoms with E-state index in [4.69, 9.17) is 9.47 Å². The quantitative estimate of drug-likeness (QED) is 0.609. The number of nitrogens with zero attached hydrogens (tertiary/aromatic N) is 3. The molecule has 0 spiro atoms. The molecule has 1 fully saturated rings. The number of thiazole rings is 1. The van der Waals surface area contributed by atoms with E-state index in [-0.39, 0.29) is 17.9 Å². The second-order valence-corrected chi connectivity index (χ2v) is 7.84. The Hall–Kier alpha value is -2.42. The number of nitro groups is 1. The molecule has 1 saturated heterocycles. The van der Waals surface area contributed by atoms with Gasteiger partial charge in [0.25, 0.3) is 10.9 Å². The van der Waals surface area contributed by atoms with Crippen LogP contribution in [0, 0.1) is 10.1 Å². The first-order valence-electron chi connectivity index (χ1n) is 7.91. The summed E-state index contributed by atoms with van der Waals surface area (Å²) >= 11 is 1.33. The number of non-ortho nitro benzene ring substituents is 1. The summed E-state index contributed by atoms with van der Waals surface area (Å²) in [5, 5.41) is 11.3. The smallest absolute Gasteiger partial charge is 0.410 e. The number of hydrogen-bond acceptors (Lipinski definition) is 7. The van der Waals surface area contributed by atoms with Gasteiger partial charge in [0.2, 0.25) is 0 Å². The molecule has 1 atom stereocenters. The molecule has 8 nitrogen and oxygen atoms in total. The maximum atomic E-state index is 12.1. The Labute approximate surface area is 148 Å². The number of hydrogen-bond donors (Lipinski definition) is 0. The van der Waals surface area contributed by atoms with Crippen molar-refractivity contribution in [2.24, 2.45) is 0 Å². The van der Waals surface area contributed by atoms with Gasteiger partial charge in [0.15, 0.2) is 0 Å². The van der Waals surface area contributed by atoms with Crippen molar-refractivity contribution < 1.29 is 19.2 Å². The van der Waals surface area contributed by atoms with Crippen LogP contribution in [-0.2, 0) is 4.74 Å². The average molecular weight is 365 g/mol. The fourth-order valence-corrected chi connectivity index (χ4v) is 3.38. The molecule has 0 bridgehead atoms. The number of benzene rings is 1. The zero-order valence-corrected chi connectivity index (χ0v) is 15.0. The Kier molecular flexibility index (Phi) is 4.51. The van der Waals surface area contributed by atoms with Crippen molar-refractivity contribution in [2.45, 2.75) is 38.9 Å². The van der Waals surface area contributed by atoms with Crippen molar-refractivity contribution in [3.05, 3.63) is 28.3 Å². The molecule has 1 aromatic heterocycles. The van der Waals surface area contributed by atoms with E-state index in [1.807, 2.05) is 20.8 Å². The van der Waals surface area contributed by atoms with Crippen molar-refractivity contribution in [3.8, 4) is 5.19 Å². The third-order valence-electron chi connectivity index (χ3n) is 3.63. The summed E-state index contributed by atoms with van der Waals surface area (Å²) in [7, 11) is 0. The first kappa shape index (κ1) is 17.4. The molecule has 1 aliphatic heterocycles. The van der Waals surface area contributed by atoms with E-state index in [0.717, 1.165) is 4.70 Å². The fraction of sp³-hybridized carbons (Fsp3) is 0.500. The van der Waals surface area contributed by atoms with Crippen molar-refractivity contribution >= 4 is 33.3 Å². The van der Waals surface area contributed by atoms with Crippen molar-refractivity contribution in [2.75, 3.05) is 13.1 Å². The molecule has 0 aliphatic carbocycles. The second kappa shape index (κ2) is 6.47. The number of fused-ring (bicyclic) bond motifs is 1. The van der Waals surface area contributed by atoms with Gasteiger partial charge < -0.3 is 14.4 Å². The van der Waals surface area contributed by atoms with Gasteiger partial charge in [-0.3, -0.25) is 10.1 Å². The highest BCUT2D eigenvalue weighted by molar-refractivity contribution is 7.20. The van der Waals surface area contributed by atoms with Gasteiger partial charge in [0.05, 0.1) is 21.7 Å². The van der Waals surface area contributed by atoms with Crippen molar-refractivity contribution in [1.82, 2.24) is 9.88 Å². The molecular weight excluding hydrogens is 346 g/mol. The van der Waals surface area contributed by atoms with Crippen LogP contribution in [0.5, 0.6) is 5.19 Å². The van der Waals surface area contributed by atoms with Crippen LogP contribution >= 0.6 is 11.3 Å². The standard InChI is InChI=1S/C16H19N3O5S/c1-16(2,3)24-15(20)18-7-6-11(9-18)23-14-17-12-8-10(19(21)22)4-5-13(12)25-14/h4-5,8,11H,6-7,9H2,1-3H3/t11-/m0/s1. The minimum Gasteiger partial charge on any atom is -0.465 e. The van der Waals surface area contributed by atoms with Gasteiger partial charge >= 0.3 is 6.09 Å². The van der Waals surface area contributed by atoms with Crippen LogP contribution in [0.2, 0.25) is 0 Å². The largest absolute Gasteiger partial charge is 0.465 e. The first-order chi connectivity index (χ1) is 11.7. The Morgan fingerprint density at radius 2 is 2.20 bits per heavy atom. The number of nitro benzene ring substituents is 1. The zero-order valence-electron chi connectivity index (χ0n) is 14.2. The number of carbonyl (C=O) groups excluding carboxylic acids is 1. The highest BCUT2D eigenvalue weighted by Crippen LogP contribution is 2.31. The lowest BCUT2D eigenvalue weighted by molar-refractivity contribution is -0.384. The van der Waals surface area contributed by atoms with Gasteiger partial charge in [0.1, 0.15) is 11.7 Å². The SMILES string of the molecule is CC(C)(C)OC(=O)N1CC[C@H](Oc2nc3cc([N+](=O)[O-])ccc3s2)C1. The van der Waals surface area contributed by atoms with Gasteiger partial charge in [-0.25, -0.2) is 9.78 Å². The summed E-state index contributed by atoms with van der Waals surface area (Å²) in [6.07, 6.45) is 0.177. The Balaban J connectivity index is 1.64. The minimum absolute atomic E-state index is 0.00122. The predicted octanol–water partition coefficient (Wildman–Crippen LogP) is 3.59. The zero-order chi connectivity index (χ0) is 18.2. The van der Waals surface area contributed by atoms with Gasteiger partial charge in [0, 0.05) is 25.1 Å². The topological polar surface area (TPSA) is 94.8 Å². The van der Waals surface area contributed by atoms with E-state index in [2.05, 4.69) is 4.98 Å². The summed E-state index contributed by atoms with van der Waals surface area (Å²) < 4.78 is 12.0. The van der Waals surface area contributed by atoms with Gasteiger partial charge in [-0.1, -0.05) is 11.3 Å². The molecule has 0 saturated carbocycles. The first-order valence-corrected chi connectivity index (χ1v) is 8.72. The number of rotatable bonds is 3. The summed E-state index contributed by atoms with van der Waals surface area (Å²) in [6.45, 7) is 6.49. The van der Waals surface area contributed by atoms with E-state index >= 15 is 0 Å². The van der Waals surface area contributed by atoms with Crippen molar-refractivity contribution in [3.63, 3.8) is 0 Å². The molecule has 2 aromatic rings. The third-order valence-corrected chi connectivity index (χ3v) is 4.55. The number of carbonyl (C=O) groups is 1. The maximum absolute atomic E-state index is 12.1. The lowest BCUT2D eigenvalue weighted by atomic mass is 10.2. The normalized spacial score (nSPS) is 17.7. The van der Waals surface area contributed by atoms with Crippen LogP contribution in [0.25, 0.3) is 10.2 Å². The highest BCUT2D eigenvalue weighted by atomic mass is 32.1. The molecular formula is C16H19N3O5S. The summed E-state index contributed by atoms with van der Waals surface area (Å²) in [6, 6.07) is 4.55. The summed E-state index contributed by atoms with van der Waals surface area (Å²) in [5.74, 6) is 0. The number of likely N-dealkylation sites (tertiary alicyclic amines) is 1. The van der Waals surface area contributed by atoms with E-state index in [9.17, 15) is 14.9 Å². The predicted molar refractivity (Wildman–Crippen MR) is 93.1 cm³/mol.